The first-order chi connectivity index (χ1) is 9.62. The fourth-order valence-electron chi connectivity index (χ4n) is 2.35. The number of amides is 1. The molecule has 0 aliphatic heterocycles. The molecular formula is C15H15BrN2OS. The number of benzene rings is 1. The molecule has 0 bridgehead atoms. The molecule has 3 N–H and O–H groups in total. The Hall–Kier alpha value is -1.33. The Labute approximate surface area is 130 Å². The van der Waals surface area contributed by atoms with Crippen LogP contribution in [0.2, 0.25) is 0 Å². The van der Waals surface area contributed by atoms with Crippen molar-refractivity contribution in [1.29, 1.82) is 0 Å². The summed E-state index contributed by atoms with van der Waals surface area (Å²) in [6, 6.07) is 9.64. The Bertz CT molecular complexity index is 632. The highest BCUT2D eigenvalue weighted by molar-refractivity contribution is 9.10. The van der Waals surface area contributed by atoms with Crippen LogP contribution in [0.4, 0.5) is 5.69 Å². The van der Waals surface area contributed by atoms with Crippen LogP contribution in [-0.4, -0.2) is 5.91 Å². The lowest BCUT2D eigenvalue weighted by Gasteiger charge is -2.15. The molecule has 0 spiro atoms. The van der Waals surface area contributed by atoms with Gasteiger partial charge in [0, 0.05) is 15.0 Å². The molecule has 20 heavy (non-hydrogen) atoms. The van der Waals surface area contributed by atoms with Crippen molar-refractivity contribution in [2.45, 2.75) is 24.8 Å². The molecule has 3 nitrogen and oxygen atoms in total. The number of thiophene rings is 1. The van der Waals surface area contributed by atoms with Crippen LogP contribution in [0.15, 0.2) is 40.2 Å². The van der Waals surface area contributed by atoms with E-state index in [-0.39, 0.29) is 11.3 Å². The van der Waals surface area contributed by atoms with E-state index in [2.05, 4.69) is 21.2 Å². The van der Waals surface area contributed by atoms with Crippen LogP contribution in [-0.2, 0) is 16.8 Å². The molecule has 104 valence electrons. The van der Waals surface area contributed by atoms with Crippen molar-refractivity contribution in [3.8, 4) is 0 Å². The molecule has 0 unspecified atom stereocenters. The van der Waals surface area contributed by atoms with Gasteiger partial charge in [0.1, 0.15) is 0 Å². The predicted octanol–water partition coefficient (Wildman–Crippen LogP) is 3.44. The summed E-state index contributed by atoms with van der Waals surface area (Å²) in [7, 11) is 0. The van der Waals surface area contributed by atoms with E-state index in [9.17, 15) is 4.79 Å². The number of nitrogens with one attached hydrogen (secondary N) is 1. The smallest absolute Gasteiger partial charge is 0.230 e. The van der Waals surface area contributed by atoms with Gasteiger partial charge in [-0.25, -0.2) is 0 Å². The summed E-state index contributed by atoms with van der Waals surface area (Å²) in [4.78, 5) is 13.6. The van der Waals surface area contributed by atoms with Crippen molar-refractivity contribution in [2.75, 3.05) is 5.73 Å². The van der Waals surface area contributed by atoms with E-state index in [0.29, 0.717) is 6.54 Å². The first kappa shape index (κ1) is 13.6. The monoisotopic (exact) mass is 350 g/mol. The van der Waals surface area contributed by atoms with Gasteiger partial charge in [0.15, 0.2) is 0 Å². The molecule has 1 heterocycles. The Morgan fingerprint density at radius 3 is 2.55 bits per heavy atom. The number of carbonyl (C=O) groups is 1. The Morgan fingerprint density at radius 2 is 2.00 bits per heavy atom. The largest absolute Gasteiger partial charge is 0.399 e. The minimum Gasteiger partial charge on any atom is -0.399 e. The van der Waals surface area contributed by atoms with E-state index in [1.807, 2.05) is 35.7 Å². The minimum absolute atomic E-state index is 0.113. The Kier molecular flexibility index (Phi) is 3.56. The fourth-order valence-corrected chi connectivity index (χ4v) is 3.79. The van der Waals surface area contributed by atoms with Crippen molar-refractivity contribution in [3.63, 3.8) is 0 Å². The first-order valence-electron chi connectivity index (χ1n) is 6.48. The van der Waals surface area contributed by atoms with Crippen molar-refractivity contribution in [2.24, 2.45) is 0 Å². The van der Waals surface area contributed by atoms with Crippen LogP contribution < -0.4 is 11.1 Å². The maximum absolute atomic E-state index is 12.5. The lowest BCUT2D eigenvalue weighted by molar-refractivity contribution is -0.123. The Balaban J connectivity index is 1.70. The molecule has 1 aliphatic carbocycles. The zero-order valence-corrected chi connectivity index (χ0v) is 13.3. The van der Waals surface area contributed by atoms with Crippen LogP contribution in [0.25, 0.3) is 0 Å². The summed E-state index contributed by atoms with van der Waals surface area (Å²) in [5.41, 5.74) is 7.16. The van der Waals surface area contributed by atoms with Gasteiger partial charge in [-0.15, -0.1) is 11.3 Å². The number of hydrogen-bond acceptors (Lipinski definition) is 3. The van der Waals surface area contributed by atoms with Gasteiger partial charge in [-0.1, -0.05) is 12.1 Å². The SMILES string of the molecule is Nc1ccc(C2(C(=O)NCc3sccc3Br)CC2)cc1. The highest BCUT2D eigenvalue weighted by Crippen LogP contribution is 2.48. The second-order valence-corrected chi connectivity index (χ2v) is 6.93. The molecule has 0 saturated heterocycles. The van der Waals surface area contributed by atoms with E-state index >= 15 is 0 Å². The third-order valence-corrected chi connectivity index (χ3v) is 5.67. The van der Waals surface area contributed by atoms with Gasteiger partial charge >= 0.3 is 0 Å². The molecule has 0 radical (unpaired) electrons. The van der Waals surface area contributed by atoms with Crippen LogP contribution >= 0.6 is 27.3 Å². The van der Waals surface area contributed by atoms with Crippen LogP contribution in [0.3, 0.4) is 0 Å². The molecule has 0 atom stereocenters. The maximum atomic E-state index is 12.5. The summed E-state index contributed by atoms with van der Waals surface area (Å²) >= 11 is 5.12. The van der Waals surface area contributed by atoms with Gasteiger partial charge in [0.25, 0.3) is 0 Å². The number of carbonyl (C=O) groups excluding carboxylic acids is 1. The third kappa shape index (κ3) is 2.47. The molecule has 2 aromatic rings. The fraction of sp³-hybridized carbons (Fsp3) is 0.267. The highest BCUT2D eigenvalue weighted by atomic mass is 79.9. The topological polar surface area (TPSA) is 55.1 Å². The van der Waals surface area contributed by atoms with Crippen LogP contribution in [0.1, 0.15) is 23.3 Å². The van der Waals surface area contributed by atoms with Crippen LogP contribution in [0, 0.1) is 0 Å². The third-order valence-electron chi connectivity index (χ3n) is 3.75. The standard InChI is InChI=1S/C15H15BrN2OS/c16-12-5-8-20-13(12)9-18-14(19)15(6-7-15)10-1-3-11(17)4-2-10/h1-5,8H,6-7,9,17H2,(H,18,19). The van der Waals surface area contributed by atoms with Gasteiger partial charge < -0.3 is 11.1 Å². The number of halogens is 1. The maximum Gasteiger partial charge on any atom is 0.230 e. The molecule has 3 rings (SSSR count). The van der Waals surface area contributed by atoms with Gasteiger partial charge in [-0.3, -0.25) is 4.79 Å². The molecule has 1 amide bonds. The van der Waals surface area contributed by atoms with Crippen molar-refractivity contribution in [1.82, 2.24) is 5.32 Å². The van der Waals surface area contributed by atoms with E-state index in [1.165, 1.54) is 0 Å². The molecule has 1 aliphatic rings. The second-order valence-electron chi connectivity index (χ2n) is 5.08. The highest BCUT2D eigenvalue weighted by Gasteiger charge is 2.51. The predicted molar refractivity (Wildman–Crippen MR) is 85.6 cm³/mol. The molecule has 1 aromatic carbocycles. The quantitative estimate of drug-likeness (QED) is 0.829. The number of hydrogen-bond donors (Lipinski definition) is 2. The summed E-state index contributed by atoms with van der Waals surface area (Å²) in [6.45, 7) is 0.577. The van der Waals surface area contributed by atoms with Gasteiger partial charge in [-0.05, 0) is 57.9 Å². The average Bonchev–Trinajstić information content (AvgIpc) is 3.15. The molecule has 1 aromatic heterocycles. The summed E-state index contributed by atoms with van der Waals surface area (Å²) in [6.07, 6.45) is 1.82. The minimum atomic E-state index is -0.336. The number of rotatable bonds is 4. The molecule has 1 saturated carbocycles. The van der Waals surface area contributed by atoms with E-state index in [0.717, 1.165) is 33.4 Å². The van der Waals surface area contributed by atoms with Crippen molar-refractivity contribution < 1.29 is 4.79 Å². The normalized spacial score (nSPS) is 15.8. The summed E-state index contributed by atoms with van der Waals surface area (Å²) in [5.74, 6) is 0.113. The zero-order chi connectivity index (χ0) is 14.2. The Morgan fingerprint density at radius 1 is 1.30 bits per heavy atom. The number of nitrogen functional groups attached to an aromatic ring is 1. The summed E-state index contributed by atoms with van der Waals surface area (Å²) in [5, 5.41) is 5.06. The van der Waals surface area contributed by atoms with Crippen LogP contribution in [0.5, 0.6) is 0 Å². The van der Waals surface area contributed by atoms with Gasteiger partial charge in [-0.2, -0.15) is 0 Å². The van der Waals surface area contributed by atoms with Gasteiger partial charge in [0.05, 0.1) is 12.0 Å². The zero-order valence-electron chi connectivity index (χ0n) is 10.9. The lowest BCUT2D eigenvalue weighted by atomic mass is 9.95. The van der Waals surface area contributed by atoms with E-state index in [4.69, 9.17) is 5.73 Å². The van der Waals surface area contributed by atoms with Crippen molar-refractivity contribution >= 4 is 38.9 Å². The average molecular weight is 351 g/mol. The van der Waals surface area contributed by atoms with Gasteiger partial charge in [0.2, 0.25) is 5.91 Å². The molecule has 1 fully saturated rings. The molecular weight excluding hydrogens is 336 g/mol. The lowest BCUT2D eigenvalue weighted by Crippen LogP contribution is -2.34. The number of nitrogens with two attached hydrogens (primary N) is 1. The second kappa shape index (κ2) is 5.22. The van der Waals surface area contributed by atoms with E-state index < -0.39 is 0 Å². The summed E-state index contributed by atoms with van der Waals surface area (Å²) < 4.78 is 1.06. The number of anilines is 1. The van der Waals surface area contributed by atoms with E-state index in [1.54, 1.807) is 11.3 Å². The van der Waals surface area contributed by atoms with Crippen molar-refractivity contribution in [3.05, 3.63) is 50.6 Å². The first-order valence-corrected chi connectivity index (χ1v) is 8.15. The molecule has 5 heteroatoms.